The summed E-state index contributed by atoms with van der Waals surface area (Å²) in [5.41, 5.74) is -9.66. The Morgan fingerprint density at radius 3 is 1.58 bits per heavy atom. The summed E-state index contributed by atoms with van der Waals surface area (Å²) in [6.07, 6.45) is -11.8. The minimum absolute atomic E-state index is 0.373. The molecule has 1 heterocycles. The maximum atomic E-state index is 14.0. The second-order valence-corrected chi connectivity index (χ2v) is 8.11. The maximum absolute atomic E-state index is 14.0. The van der Waals surface area contributed by atoms with Gasteiger partial charge in [0.1, 0.15) is 11.8 Å². The van der Waals surface area contributed by atoms with Gasteiger partial charge in [-0.05, 0) is 31.5 Å². The molecule has 1 fully saturated rings. The number of carbonyl (C=O) groups is 2. The molecule has 1 saturated heterocycles. The van der Waals surface area contributed by atoms with E-state index in [0.29, 0.717) is 4.47 Å². The fraction of sp³-hybridized carbons (Fsp3) is 0.579. The molecule has 0 aliphatic carbocycles. The van der Waals surface area contributed by atoms with Crippen molar-refractivity contribution in [3.8, 4) is 0 Å². The van der Waals surface area contributed by atoms with Crippen LogP contribution in [0.1, 0.15) is 25.3 Å². The van der Waals surface area contributed by atoms with Crippen LogP contribution in [-0.4, -0.2) is 59.2 Å². The minimum atomic E-state index is -5.92. The molecule has 1 unspecified atom stereocenters. The van der Waals surface area contributed by atoms with Crippen LogP contribution in [0.4, 0.5) is 26.3 Å². The molecule has 3 N–H and O–H groups in total. The number of ether oxygens (including phenoxy) is 2. The zero-order valence-corrected chi connectivity index (χ0v) is 18.7. The molecule has 1 aromatic carbocycles. The Morgan fingerprint density at radius 2 is 1.27 bits per heavy atom. The van der Waals surface area contributed by atoms with Crippen molar-refractivity contribution in [3.63, 3.8) is 0 Å². The SMILES string of the molecule is CCOC(=O)[C@@H]1C(c2ccc(Br)cc2)[C@H](C(=O)OCC)[C@](O)(C(F)(F)F)N[C@@]1(O)C(F)(F)F. The second kappa shape index (κ2) is 9.39. The van der Waals surface area contributed by atoms with Crippen LogP contribution in [0.25, 0.3) is 0 Å². The van der Waals surface area contributed by atoms with Crippen LogP contribution in [0.3, 0.4) is 0 Å². The molecule has 186 valence electrons. The van der Waals surface area contributed by atoms with Gasteiger partial charge in [0, 0.05) is 10.4 Å². The van der Waals surface area contributed by atoms with Gasteiger partial charge in [-0.2, -0.15) is 26.3 Å². The number of aliphatic hydroxyl groups is 2. The summed E-state index contributed by atoms with van der Waals surface area (Å²) in [5, 5.41) is 21.8. The Hall–Kier alpha value is -1.90. The van der Waals surface area contributed by atoms with Gasteiger partial charge in [-0.25, -0.2) is 5.32 Å². The van der Waals surface area contributed by atoms with Crippen molar-refractivity contribution >= 4 is 27.9 Å². The van der Waals surface area contributed by atoms with E-state index in [-0.39, 0.29) is 5.56 Å². The van der Waals surface area contributed by atoms with E-state index in [1.165, 1.54) is 26.0 Å². The summed E-state index contributed by atoms with van der Waals surface area (Å²) in [6.45, 7) is 1.49. The topological polar surface area (TPSA) is 105 Å². The summed E-state index contributed by atoms with van der Waals surface area (Å²) in [6, 6.07) is 4.57. The van der Waals surface area contributed by atoms with Crippen molar-refractivity contribution in [1.82, 2.24) is 5.32 Å². The predicted octanol–water partition coefficient (Wildman–Crippen LogP) is 3.00. The van der Waals surface area contributed by atoms with Crippen LogP contribution >= 0.6 is 15.9 Å². The molecule has 2 rings (SSSR count). The molecule has 0 spiro atoms. The van der Waals surface area contributed by atoms with Gasteiger partial charge in [-0.1, -0.05) is 28.1 Å². The van der Waals surface area contributed by atoms with E-state index in [1.807, 2.05) is 0 Å². The lowest BCUT2D eigenvalue weighted by Crippen LogP contribution is -2.81. The van der Waals surface area contributed by atoms with Crippen molar-refractivity contribution in [1.29, 1.82) is 0 Å². The number of hydrogen-bond acceptors (Lipinski definition) is 7. The van der Waals surface area contributed by atoms with E-state index in [2.05, 4.69) is 25.4 Å². The molecule has 1 aromatic rings. The molecule has 0 saturated carbocycles. The standard InChI is InChI=1S/C19H20BrF6NO6/c1-3-32-14(28)12-11(9-5-7-10(20)8-6-9)13(15(29)33-4-2)17(31,19(24,25)26)27-16(12,30)18(21,22)23/h5-8,11-13,27,30-31H,3-4H2,1-2H3/t11?,12-,13+,16-,17-/m0/s1. The summed E-state index contributed by atoms with van der Waals surface area (Å²) in [7, 11) is 0. The van der Waals surface area contributed by atoms with Crippen molar-refractivity contribution in [3.05, 3.63) is 34.3 Å². The van der Waals surface area contributed by atoms with E-state index < -0.39 is 66.7 Å². The fourth-order valence-corrected chi connectivity index (χ4v) is 4.09. The minimum Gasteiger partial charge on any atom is -0.466 e. The van der Waals surface area contributed by atoms with Gasteiger partial charge in [0.2, 0.25) is 11.4 Å². The van der Waals surface area contributed by atoms with Crippen molar-refractivity contribution in [2.24, 2.45) is 11.8 Å². The molecule has 7 nitrogen and oxygen atoms in total. The average molecular weight is 552 g/mol. The first-order chi connectivity index (χ1) is 15.0. The molecule has 0 bridgehead atoms. The molecular weight excluding hydrogens is 532 g/mol. The molecule has 1 aliphatic heterocycles. The molecular formula is C19H20BrF6NO6. The predicted molar refractivity (Wildman–Crippen MR) is 102 cm³/mol. The smallest absolute Gasteiger partial charge is 0.432 e. The molecule has 1 aliphatic rings. The van der Waals surface area contributed by atoms with E-state index in [9.17, 15) is 46.1 Å². The van der Waals surface area contributed by atoms with Gasteiger partial charge in [-0.3, -0.25) is 9.59 Å². The third-order valence-electron chi connectivity index (χ3n) is 5.20. The number of piperidine rings is 1. The molecule has 0 amide bonds. The number of esters is 2. The Balaban J connectivity index is 2.95. The summed E-state index contributed by atoms with van der Waals surface area (Å²) in [4.78, 5) is 25.3. The van der Waals surface area contributed by atoms with Crippen LogP contribution in [0.15, 0.2) is 28.7 Å². The summed E-state index contributed by atoms with van der Waals surface area (Å²) >= 11 is 3.06. The number of hydrogen-bond donors (Lipinski definition) is 3. The largest absolute Gasteiger partial charge is 0.466 e. The highest BCUT2D eigenvalue weighted by molar-refractivity contribution is 9.10. The van der Waals surface area contributed by atoms with Gasteiger partial charge in [0.05, 0.1) is 13.2 Å². The highest BCUT2D eigenvalue weighted by Crippen LogP contribution is 2.55. The average Bonchev–Trinajstić information content (AvgIpc) is 2.66. The van der Waals surface area contributed by atoms with Crippen LogP contribution in [0.2, 0.25) is 0 Å². The van der Waals surface area contributed by atoms with Gasteiger partial charge in [0.25, 0.3) is 0 Å². The fourth-order valence-electron chi connectivity index (χ4n) is 3.82. The lowest BCUT2D eigenvalue weighted by molar-refractivity contribution is -0.376. The quantitative estimate of drug-likeness (QED) is 0.381. The number of nitrogens with one attached hydrogen (secondary N) is 1. The summed E-state index contributed by atoms with van der Waals surface area (Å²) < 4.78 is 93.7. The molecule has 14 heteroatoms. The van der Waals surface area contributed by atoms with Gasteiger partial charge < -0.3 is 19.7 Å². The van der Waals surface area contributed by atoms with Crippen LogP contribution in [-0.2, 0) is 19.1 Å². The third-order valence-corrected chi connectivity index (χ3v) is 5.73. The first kappa shape index (κ1) is 27.3. The zero-order chi connectivity index (χ0) is 25.4. The van der Waals surface area contributed by atoms with Gasteiger partial charge >= 0.3 is 24.3 Å². The first-order valence-corrected chi connectivity index (χ1v) is 10.3. The second-order valence-electron chi connectivity index (χ2n) is 7.19. The Bertz CT molecular complexity index is 831. The van der Waals surface area contributed by atoms with E-state index >= 15 is 0 Å². The Kier molecular flexibility index (Phi) is 7.78. The normalized spacial score (nSPS) is 30.6. The van der Waals surface area contributed by atoms with Crippen molar-refractivity contribution in [2.75, 3.05) is 13.2 Å². The van der Waals surface area contributed by atoms with E-state index in [1.54, 1.807) is 0 Å². The van der Waals surface area contributed by atoms with Gasteiger partial charge in [-0.15, -0.1) is 0 Å². The Morgan fingerprint density at radius 1 is 0.909 bits per heavy atom. The van der Waals surface area contributed by atoms with E-state index in [0.717, 1.165) is 17.4 Å². The van der Waals surface area contributed by atoms with Crippen LogP contribution < -0.4 is 5.32 Å². The molecule has 0 radical (unpaired) electrons. The van der Waals surface area contributed by atoms with Crippen molar-refractivity contribution in [2.45, 2.75) is 43.6 Å². The number of alkyl halides is 6. The zero-order valence-electron chi connectivity index (χ0n) is 17.1. The van der Waals surface area contributed by atoms with Crippen molar-refractivity contribution < 1.29 is 55.6 Å². The van der Waals surface area contributed by atoms with E-state index in [4.69, 9.17) is 0 Å². The monoisotopic (exact) mass is 551 g/mol. The third kappa shape index (κ3) is 4.84. The number of rotatable bonds is 5. The lowest BCUT2D eigenvalue weighted by Gasteiger charge is -2.54. The number of carbonyl (C=O) groups excluding carboxylic acids is 2. The maximum Gasteiger partial charge on any atom is 0.432 e. The number of benzene rings is 1. The number of halogens is 7. The highest BCUT2D eigenvalue weighted by atomic mass is 79.9. The van der Waals surface area contributed by atoms with Gasteiger partial charge in [0.15, 0.2) is 0 Å². The van der Waals surface area contributed by atoms with Crippen LogP contribution in [0, 0.1) is 11.8 Å². The first-order valence-electron chi connectivity index (χ1n) is 9.51. The Labute approximate surface area is 192 Å². The van der Waals surface area contributed by atoms with Crippen LogP contribution in [0.5, 0.6) is 0 Å². The molecule has 5 atom stereocenters. The molecule has 33 heavy (non-hydrogen) atoms. The summed E-state index contributed by atoms with van der Waals surface area (Å²) in [5.74, 6) is -11.5. The molecule has 0 aromatic heterocycles. The lowest BCUT2D eigenvalue weighted by atomic mass is 9.64. The highest BCUT2D eigenvalue weighted by Gasteiger charge is 2.78.